The molecular weight excluding hydrogens is 242 g/mol. The Kier molecular flexibility index (Phi) is 4.16. The molecule has 1 saturated heterocycles. The van der Waals surface area contributed by atoms with Crippen LogP contribution in [0.1, 0.15) is 69.4 Å². The molecule has 1 heteroatoms. The minimum absolute atomic E-state index is 0.529. The molecule has 1 N–H and O–H groups in total. The third-order valence-electron chi connectivity index (χ3n) is 5.33. The Hall–Kier alpha value is -0.820. The summed E-state index contributed by atoms with van der Waals surface area (Å²) in [6, 6.07) is 9.95. The van der Waals surface area contributed by atoms with Crippen LogP contribution in [0.4, 0.5) is 0 Å². The number of benzene rings is 1. The molecule has 2 unspecified atom stereocenters. The molecule has 1 saturated carbocycles. The van der Waals surface area contributed by atoms with Gasteiger partial charge in [-0.2, -0.15) is 0 Å². The number of rotatable bonds is 3. The molecular formula is C19H29N. The zero-order valence-electron chi connectivity index (χ0n) is 13.1. The van der Waals surface area contributed by atoms with Gasteiger partial charge < -0.3 is 5.32 Å². The van der Waals surface area contributed by atoms with E-state index in [2.05, 4.69) is 43.4 Å². The average Bonchev–Trinajstić information content (AvgIpc) is 2.91. The van der Waals surface area contributed by atoms with E-state index in [1.165, 1.54) is 51.5 Å². The van der Waals surface area contributed by atoms with E-state index in [0.717, 1.165) is 5.92 Å². The van der Waals surface area contributed by atoms with Gasteiger partial charge in [0.15, 0.2) is 0 Å². The van der Waals surface area contributed by atoms with E-state index >= 15 is 0 Å². The summed E-state index contributed by atoms with van der Waals surface area (Å²) in [6.45, 7) is 6.10. The van der Waals surface area contributed by atoms with Gasteiger partial charge in [0.25, 0.3) is 0 Å². The second kappa shape index (κ2) is 5.89. The van der Waals surface area contributed by atoms with Gasteiger partial charge in [-0.05, 0) is 67.5 Å². The second-order valence-electron chi connectivity index (χ2n) is 7.65. The van der Waals surface area contributed by atoms with Crippen LogP contribution in [0.25, 0.3) is 0 Å². The van der Waals surface area contributed by atoms with Gasteiger partial charge in [-0.1, -0.05) is 44.5 Å². The highest BCUT2D eigenvalue weighted by Gasteiger charge is 2.30. The van der Waals surface area contributed by atoms with Crippen LogP contribution in [0, 0.1) is 5.41 Å². The first-order valence-electron chi connectivity index (χ1n) is 8.45. The summed E-state index contributed by atoms with van der Waals surface area (Å²) in [5.41, 5.74) is 3.78. The number of hydrogen-bond acceptors (Lipinski definition) is 1. The lowest BCUT2D eigenvalue weighted by Crippen LogP contribution is -2.26. The van der Waals surface area contributed by atoms with E-state index in [9.17, 15) is 0 Å². The first-order valence-corrected chi connectivity index (χ1v) is 8.45. The van der Waals surface area contributed by atoms with E-state index in [4.69, 9.17) is 0 Å². The fourth-order valence-corrected chi connectivity index (χ4v) is 4.28. The molecule has 0 amide bonds. The third-order valence-corrected chi connectivity index (χ3v) is 5.33. The molecule has 1 aliphatic heterocycles. The summed E-state index contributed by atoms with van der Waals surface area (Å²) in [7, 11) is 0. The van der Waals surface area contributed by atoms with E-state index in [1.54, 1.807) is 11.1 Å². The van der Waals surface area contributed by atoms with Crippen molar-refractivity contribution in [2.45, 2.75) is 70.8 Å². The second-order valence-corrected chi connectivity index (χ2v) is 7.65. The Labute approximate surface area is 124 Å². The maximum atomic E-state index is 3.65. The molecule has 110 valence electrons. The van der Waals surface area contributed by atoms with Crippen LogP contribution in [-0.4, -0.2) is 12.6 Å². The molecule has 0 bridgehead atoms. The van der Waals surface area contributed by atoms with Crippen molar-refractivity contribution in [1.82, 2.24) is 5.32 Å². The summed E-state index contributed by atoms with van der Waals surface area (Å²) in [5.74, 6) is 0.788. The van der Waals surface area contributed by atoms with Crippen molar-refractivity contribution in [2.24, 2.45) is 5.41 Å². The van der Waals surface area contributed by atoms with Crippen molar-refractivity contribution >= 4 is 0 Å². The van der Waals surface area contributed by atoms with Crippen LogP contribution < -0.4 is 5.32 Å². The highest BCUT2D eigenvalue weighted by Crippen LogP contribution is 2.44. The molecule has 0 aromatic heterocycles. The van der Waals surface area contributed by atoms with Gasteiger partial charge in [0, 0.05) is 6.04 Å². The summed E-state index contributed by atoms with van der Waals surface area (Å²) in [4.78, 5) is 0. The number of nitrogens with one attached hydrogen (secondary N) is 1. The maximum Gasteiger partial charge on any atom is 0.0108 e. The molecule has 1 heterocycles. The molecule has 0 spiro atoms. The minimum atomic E-state index is 0.529. The van der Waals surface area contributed by atoms with Crippen molar-refractivity contribution in [3.05, 3.63) is 35.4 Å². The average molecular weight is 271 g/mol. The van der Waals surface area contributed by atoms with E-state index in [0.29, 0.717) is 11.5 Å². The van der Waals surface area contributed by atoms with Gasteiger partial charge >= 0.3 is 0 Å². The highest BCUT2D eigenvalue weighted by atomic mass is 14.9. The van der Waals surface area contributed by atoms with Gasteiger partial charge in [-0.15, -0.1) is 0 Å². The van der Waals surface area contributed by atoms with E-state index in [-0.39, 0.29) is 0 Å². The molecule has 2 fully saturated rings. The lowest BCUT2D eigenvalue weighted by Gasteiger charge is -2.36. The molecule has 1 aliphatic carbocycles. The van der Waals surface area contributed by atoms with E-state index in [1.807, 2.05) is 0 Å². The maximum absolute atomic E-state index is 3.65. The predicted octanol–water partition coefficient (Wildman–Crippen LogP) is 4.66. The Balaban J connectivity index is 1.78. The molecule has 0 radical (unpaired) electrons. The van der Waals surface area contributed by atoms with Crippen LogP contribution in [0.2, 0.25) is 0 Å². The summed E-state index contributed by atoms with van der Waals surface area (Å²) in [5, 5.41) is 3.65. The largest absolute Gasteiger partial charge is 0.314 e. The SMILES string of the molecule is CC1(C)CCCC(c2ccccc2CC2CCCN2)C1. The number of hydrogen-bond donors (Lipinski definition) is 1. The summed E-state index contributed by atoms with van der Waals surface area (Å²) < 4.78 is 0. The third kappa shape index (κ3) is 3.25. The fourth-order valence-electron chi connectivity index (χ4n) is 4.28. The topological polar surface area (TPSA) is 12.0 Å². The van der Waals surface area contributed by atoms with Gasteiger partial charge in [-0.25, -0.2) is 0 Å². The fraction of sp³-hybridized carbons (Fsp3) is 0.684. The molecule has 2 atom stereocenters. The summed E-state index contributed by atoms with van der Waals surface area (Å²) in [6.07, 6.45) is 9.48. The molecule has 1 aromatic rings. The standard InChI is InChI=1S/C19H29N/c1-19(2)11-5-8-16(14-19)18-10-4-3-7-15(18)13-17-9-6-12-20-17/h3-4,7,10,16-17,20H,5-6,8-9,11-14H2,1-2H3. The Morgan fingerprint density at radius 3 is 2.75 bits per heavy atom. The molecule has 1 aromatic carbocycles. The van der Waals surface area contributed by atoms with Crippen molar-refractivity contribution in [3.8, 4) is 0 Å². The zero-order valence-corrected chi connectivity index (χ0v) is 13.1. The lowest BCUT2D eigenvalue weighted by atomic mass is 9.69. The first-order chi connectivity index (χ1) is 9.64. The van der Waals surface area contributed by atoms with Crippen molar-refractivity contribution in [1.29, 1.82) is 0 Å². The van der Waals surface area contributed by atoms with Crippen molar-refractivity contribution in [2.75, 3.05) is 6.54 Å². The van der Waals surface area contributed by atoms with Gasteiger partial charge in [-0.3, -0.25) is 0 Å². The molecule has 2 aliphatic rings. The minimum Gasteiger partial charge on any atom is -0.314 e. The van der Waals surface area contributed by atoms with Crippen LogP contribution in [0.15, 0.2) is 24.3 Å². The van der Waals surface area contributed by atoms with Gasteiger partial charge in [0.2, 0.25) is 0 Å². The summed E-state index contributed by atoms with van der Waals surface area (Å²) >= 11 is 0. The van der Waals surface area contributed by atoms with Crippen LogP contribution in [0.3, 0.4) is 0 Å². The van der Waals surface area contributed by atoms with Gasteiger partial charge in [0.05, 0.1) is 0 Å². The molecule has 1 nitrogen and oxygen atoms in total. The van der Waals surface area contributed by atoms with E-state index < -0.39 is 0 Å². The van der Waals surface area contributed by atoms with Gasteiger partial charge in [0.1, 0.15) is 0 Å². The zero-order chi connectivity index (χ0) is 14.0. The Morgan fingerprint density at radius 1 is 1.15 bits per heavy atom. The monoisotopic (exact) mass is 271 g/mol. The Bertz CT molecular complexity index is 443. The molecule has 3 rings (SSSR count). The predicted molar refractivity (Wildman–Crippen MR) is 86.2 cm³/mol. The normalized spacial score (nSPS) is 29.5. The van der Waals surface area contributed by atoms with Crippen LogP contribution in [-0.2, 0) is 6.42 Å². The molecule has 20 heavy (non-hydrogen) atoms. The highest BCUT2D eigenvalue weighted by molar-refractivity contribution is 5.32. The lowest BCUT2D eigenvalue weighted by molar-refractivity contribution is 0.219. The first kappa shape index (κ1) is 14.1. The quantitative estimate of drug-likeness (QED) is 0.842. The van der Waals surface area contributed by atoms with Crippen molar-refractivity contribution < 1.29 is 0 Å². The smallest absolute Gasteiger partial charge is 0.0108 e. The van der Waals surface area contributed by atoms with Crippen LogP contribution >= 0.6 is 0 Å². The van der Waals surface area contributed by atoms with Crippen LogP contribution in [0.5, 0.6) is 0 Å². The van der Waals surface area contributed by atoms with Crippen molar-refractivity contribution in [3.63, 3.8) is 0 Å². The Morgan fingerprint density at radius 2 is 2.00 bits per heavy atom.